The summed E-state index contributed by atoms with van der Waals surface area (Å²) in [5.74, 6) is -0.167. The Morgan fingerprint density at radius 3 is 2.40 bits per heavy atom. The van der Waals surface area contributed by atoms with Crippen molar-refractivity contribution in [1.29, 1.82) is 0 Å². The molecule has 0 amide bonds. The van der Waals surface area contributed by atoms with Gasteiger partial charge in [0.1, 0.15) is 9.84 Å². The van der Waals surface area contributed by atoms with Crippen LogP contribution in [0.1, 0.15) is 12.8 Å². The summed E-state index contributed by atoms with van der Waals surface area (Å²) < 4.78 is 50.2. The molecule has 112 valence electrons. The number of hydrogen-bond acceptors (Lipinski definition) is 4. The van der Waals surface area contributed by atoms with E-state index in [1.165, 1.54) is 6.07 Å². The molecule has 0 atom stereocenters. The third-order valence-corrected chi connectivity index (χ3v) is 7.94. The predicted octanol–water partition coefficient (Wildman–Crippen LogP) is 2.42. The zero-order valence-electron chi connectivity index (χ0n) is 10.3. The summed E-state index contributed by atoms with van der Waals surface area (Å²) in [5.41, 5.74) is 0.367. The average molecular weight is 403 g/mol. The van der Waals surface area contributed by atoms with E-state index < -0.39 is 25.1 Å². The second-order valence-corrected chi connectivity index (χ2v) is 10.2. The monoisotopic (exact) mass is 401 g/mol. The number of hydrogen-bond donors (Lipinski definition) is 1. The van der Waals surface area contributed by atoms with Gasteiger partial charge in [-0.2, -0.15) is 0 Å². The number of halogens is 2. The molecule has 0 bridgehead atoms. The lowest BCUT2D eigenvalue weighted by Crippen LogP contribution is -2.36. The fourth-order valence-corrected chi connectivity index (χ4v) is 5.68. The van der Waals surface area contributed by atoms with E-state index in [2.05, 4.69) is 20.7 Å². The summed E-state index contributed by atoms with van der Waals surface area (Å²) in [4.78, 5) is 0. The molecule has 0 aromatic heterocycles. The fraction of sp³-hybridized carbons (Fsp3) is 0.455. The van der Waals surface area contributed by atoms with Crippen molar-refractivity contribution in [3.63, 3.8) is 0 Å². The Morgan fingerprint density at radius 1 is 1.25 bits per heavy atom. The second-order valence-electron chi connectivity index (χ2n) is 4.63. The molecule has 1 aliphatic rings. The van der Waals surface area contributed by atoms with Gasteiger partial charge in [-0.3, -0.25) is 4.72 Å². The molecular weight excluding hydrogens is 390 g/mol. The van der Waals surface area contributed by atoms with Crippen LogP contribution >= 0.6 is 27.5 Å². The maximum atomic E-state index is 12.2. The third kappa shape index (κ3) is 3.87. The van der Waals surface area contributed by atoms with Crippen molar-refractivity contribution >= 4 is 53.1 Å². The molecule has 0 unspecified atom stereocenters. The van der Waals surface area contributed by atoms with Gasteiger partial charge < -0.3 is 0 Å². The predicted molar refractivity (Wildman–Crippen MR) is 83.4 cm³/mol. The van der Waals surface area contributed by atoms with E-state index in [-0.39, 0.29) is 24.3 Å². The van der Waals surface area contributed by atoms with Gasteiger partial charge in [0.2, 0.25) is 10.0 Å². The van der Waals surface area contributed by atoms with Gasteiger partial charge in [-0.15, -0.1) is 0 Å². The molecule has 0 aliphatic carbocycles. The van der Waals surface area contributed by atoms with Crippen LogP contribution in [0.2, 0.25) is 5.02 Å². The Labute approximate surface area is 131 Å². The van der Waals surface area contributed by atoms with E-state index >= 15 is 0 Å². The van der Waals surface area contributed by atoms with Gasteiger partial charge in [0, 0.05) is 4.47 Å². The van der Waals surface area contributed by atoms with Crippen LogP contribution < -0.4 is 4.72 Å². The minimum absolute atomic E-state index is 0.0837. The standard InChI is InChI=1S/C11H13BrClNO4S2/c12-10-2-1-8(7-11(10)13)14-20(17,18)9-3-5-19(15,16)6-4-9/h1-2,7,9,14H,3-6H2. The molecule has 0 saturated carbocycles. The van der Waals surface area contributed by atoms with Crippen molar-refractivity contribution in [3.05, 3.63) is 27.7 Å². The fourth-order valence-electron chi connectivity index (χ4n) is 1.99. The number of sulfonamides is 1. The van der Waals surface area contributed by atoms with Crippen LogP contribution in [-0.4, -0.2) is 33.6 Å². The number of sulfone groups is 1. The maximum absolute atomic E-state index is 12.2. The van der Waals surface area contributed by atoms with Crippen LogP contribution in [0.4, 0.5) is 5.69 Å². The smallest absolute Gasteiger partial charge is 0.235 e. The maximum Gasteiger partial charge on any atom is 0.235 e. The quantitative estimate of drug-likeness (QED) is 0.842. The molecule has 1 aliphatic heterocycles. The first-order chi connectivity index (χ1) is 9.20. The molecular formula is C11H13BrClNO4S2. The minimum Gasteiger partial charge on any atom is -0.283 e. The Morgan fingerprint density at radius 2 is 1.85 bits per heavy atom. The molecule has 0 spiro atoms. The van der Waals surface area contributed by atoms with E-state index in [1.807, 2.05) is 0 Å². The Hall–Kier alpha value is -0.310. The van der Waals surface area contributed by atoms with Crippen LogP contribution in [0, 0.1) is 0 Å². The van der Waals surface area contributed by atoms with E-state index in [9.17, 15) is 16.8 Å². The van der Waals surface area contributed by atoms with E-state index in [4.69, 9.17) is 11.6 Å². The van der Waals surface area contributed by atoms with Gasteiger partial charge in [-0.25, -0.2) is 16.8 Å². The molecule has 1 aromatic carbocycles. The Balaban J connectivity index is 2.13. The first-order valence-electron chi connectivity index (χ1n) is 5.87. The summed E-state index contributed by atoms with van der Waals surface area (Å²) >= 11 is 9.13. The third-order valence-electron chi connectivity index (χ3n) is 3.12. The molecule has 0 radical (unpaired) electrons. The molecule has 1 aromatic rings. The van der Waals surface area contributed by atoms with Gasteiger partial charge in [0.25, 0.3) is 0 Å². The first kappa shape index (κ1) is 16.1. The van der Waals surface area contributed by atoms with Gasteiger partial charge in [-0.1, -0.05) is 11.6 Å². The molecule has 1 N–H and O–H groups in total. The van der Waals surface area contributed by atoms with Gasteiger partial charge in [0.15, 0.2) is 0 Å². The lowest BCUT2D eigenvalue weighted by molar-refractivity contribution is 0.555. The van der Waals surface area contributed by atoms with Crippen molar-refractivity contribution in [1.82, 2.24) is 0 Å². The zero-order chi connectivity index (χ0) is 15.0. The van der Waals surface area contributed by atoms with Crippen LogP contribution in [0.15, 0.2) is 22.7 Å². The molecule has 2 rings (SSSR count). The lowest BCUT2D eigenvalue weighted by Gasteiger charge is -2.22. The lowest BCUT2D eigenvalue weighted by atomic mass is 10.2. The summed E-state index contributed by atoms with van der Waals surface area (Å²) in [6.45, 7) is 0. The molecule has 20 heavy (non-hydrogen) atoms. The van der Waals surface area contributed by atoms with Crippen molar-refractivity contribution in [2.75, 3.05) is 16.2 Å². The van der Waals surface area contributed by atoms with E-state index in [1.54, 1.807) is 12.1 Å². The number of rotatable bonds is 3. The summed E-state index contributed by atoms with van der Waals surface area (Å²) in [5, 5.41) is -0.287. The van der Waals surface area contributed by atoms with Crippen molar-refractivity contribution in [2.45, 2.75) is 18.1 Å². The number of nitrogens with one attached hydrogen (secondary N) is 1. The van der Waals surface area contributed by atoms with Gasteiger partial charge in [0.05, 0.1) is 27.5 Å². The van der Waals surface area contributed by atoms with Crippen molar-refractivity contribution in [2.24, 2.45) is 0 Å². The van der Waals surface area contributed by atoms with Crippen LogP contribution in [0.25, 0.3) is 0 Å². The van der Waals surface area contributed by atoms with Crippen LogP contribution in [-0.2, 0) is 19.9 Å². The topological polar surface area (TPSA) is 80.3 Å². The number of anilines is 1. The molecule has 1 saturated heterocycles. The molecule has 5 nitrogen and oxygen atoms in total. The van der Waals surface area contributed by atoms with Gasteiger partial charge in [-0.05, 0) is 47.0 Å². The van der Waals surface area contributed by atoms with Crippen LogP contribution in [0.3, 0.4) is 0 Å². The van der Waals surface area contributed by atoms with Gasteiger partial charge >= 0.3 is 0 Å². The summed E-state index contributed by atoms with van der Waals surface area (Å²) in [6, 6.07) is 4.74. The molecule has 1 heterocycles. The first-order valence-corrected chi connectivity index (χ1v) is 10.4. The second kappa shape index (κ2) is 5.82. The van der Waals surface area contributed by atoms with E-state index in [0.717, 1.165) is 0 Å². The largest absolute Gasteiger partial charge is 0.283 e. The highest BCUT2D eigenvalue weighted by Crippen LogP contribution is 2.27. The van der Waals surface area contributed by atoms with Crippen molar-refractivity contribution in [3.8, 4) is 0 Å². The molecule has 1 fully saturated rings. The normalized spacial score (nSPS) is 19.7. The highest BCUT2D eigenvalue weighted by Gasteiger charge is 2.32. The molecule has 9 heteroatoms. The zero-order valence-corrected chi connectivity index (χ0v) is 14.3. The number of benzene rings is 1. The van der Waals surface area contributed by atoms with Crippen LogP contribution in [0.5, 0.6) is 0 Å². The summed E-state index contributed by atoms with van der Waals surface area (Å²) in [7, 11) is -6.69. The minimum atomic E-state index is -3.60. The Kier molecular flexibility index (Phi) is 4.68. The average Bonchev–Trinajstić information content (AvgIpc) is 2.33. The SMILES string of the molecule is O=S1(=O)CCC(S(=O)(=O)Nc2ccc(Br)c(Cl)c2)CC1. The Bertz CT molecular complexity index is 704. The highest BCUT2D eigenvalue weighted by atomic mass is 79.9. The van der Waals surface area contributed by atoms with E-state index in [0.29, 0.717) is 15.2 Å². The summed E-state index contributed by atoms with van der Waals surface area (Å²) in [6.07, 6.45) is 0.254. The highest BCUT2D eigenvalue weighted by molar-refractivity contribution is 9.10. The van der Waals surface area contributed by atoms with Crippen molar-refractivity contribution < 1.29 is 16.8 Å².